The number of unbranched alkanes of at least 4 members (excludes halogenated alkanes) is 42. The van der Waals surface area contributed by atoms with E-state index in [4.69, 9.17) is 0 Å². The van der Waals surface area contributed by atoms with E-state index in [1.165, 1.54) is 289 Å². The number of hydrogen-bond donors (Lipinski definition) is 1. The highest BCUT2D eigenvalue weighted by molar-refractivity contribution is 5.74. The normalized spacial score (nSPS) is 13.0. The van der Waals surface area contributed by atoms with E-state index in [1.807, 2.05) is 0 Å². The van der Waals surface area contributed by atoms with Crippen molar-refractivity contribution in [1.29, 1.82) is 0 Å². The van der Waals surface area contributed by atoms with Crippen molar-refractivity contribution in [3.8, 4) is 0 Å². The molecule has 0 aromatic carbocycles. The number of hydrogen-bond acceptors (Lipinski definition) is 1. The van der Waals surface area contributed by atoms with Crippen LogP contribution in [0.15, 0.2) is 36.5 Å². The average molecular weight is 896 g/mol. The minimum atomic E-state index is -0.493. The van der Waals surface area contributed by atoms with E-state index in [-0.39, 0.29) is 0 Å². The molecule has 1 N–H and O–H groups in total. The Labute approximate surface area is 404 Å². The van der Waals surface area contributed by atoms with Gasteiger partial charge in [-0.05, 0) is 96.3 Å². The summed E-state index contributed by atoms with van der Waals surface area (Å²) in [6.07, 6.45) is 80.7. The van der Waals surface area contributed by atoms with Crippen molar-refractivity contribution in [2.24, 2.45) is 5.41 Å². The average Bonchev–Trinajstić information content (AvgIpc) is 3.30. The van der Waals surface area contributed by atoms with Crippen LogP contribution < -0.4 is 0 Å². The van der Waals surface area contributed by atoms with E-state index >= 15 is 0 Å². The van der Waals surface area contributed by atoms with Gasteiger partial charge in [-0.1, -0.05) is 288 Å². The van der Waals surface area contributed by atoms with Crippen LogP contribution in [0.25, 0.3) is 0 Å². The zero-order chi connectivity index (χ0) is 46.4. The van der Waals surface area contributed by atoms with Gasteiger partial charge in [0, 0.05) is 0 Å². The third-order valence-corrected chi connectivity index (χ3v) is 14.5. The summed E-state index contributed by atoms with van der Waals surface area (Å²) in [7, 11) is 0. The van der Waals surface area contributed by atoms with Crippen LogP contribution in [0.2, 0.25) is 0 Å². The molecule has 0 saturated carbocycles. The second kappa shape index (κ2) is 54.3. The van der Waals surface area contributed by atoms with Crippen molar-refractivity contribution >= 4 is 5.97 Å². The summed E-state index contributed by atoms with van der Waals surface area (Å²) in [6, 6.07) is 0. The fourth-order valence-corrected chi connectivity index (χ4v) is 9.89. The molecule has 0 aliphatic rings. The first-order valence-electron chi connectivity index (χ1n) is 29.8. The maximum atomic E-state index is 13.0. The van der Waals surface area contributed by atoms with E-state index in [2.05, 4.69) is 57.2 Å². The Morgan fingerprint density at radius 2 is 0.422 bits per heavy atom. The molecule has 0 spiro atoms. The first-order valence-corrected chi connectivity index (χ1v) is 29.8. The molecule has 1 atom stereocenters. The van der Waals surface area contributed by atoms with Gasteiger partial charge in [-0.3, -0.25) is 4.79 Å². The van der Waals surface area contributed by atoms with Crippen LogP contribution in [0.5, 0.6) is 0 Å². The predicted molar refractivity (Wildman–Crippen MR) is 290 cm³/mol. The highest BCUT2D eigenvalue weighted by Crippen LogP contribution is 2.38. The van der Waals surface area contributed by atoms with Gasteiger partial charge in [-0.15, -0.1) is 0 Å². The molecule has 378 valence electrons. The number of rotatable bonds is 55. The Morgan fingerprint density at radius 1 is 0.266 bits per heavy atom. The van der Waals surface area contributed by atoms with Gasteiger partial charge < -0.3 is 5.11 Å². The smallest absolute Gasteiger partial charge is 0.309 e. The Balaban J connectivity index is 4.38. The molecule has 2 heteroatoms. The number of carboxylic acids is 1. The largest absolute Gasteiger partial charge is 0.481 e. The van der Waals surface area contributed by atoms with E-state index in [0.717, 1.165) is 38.5 Å². The molecule has 0 saturated heterocycles. The standard InChI is InChI=1S/C62H118O2/c1-4-7-10-13-16-19-22-25-28-31-33-34-36-39-42-45-48-51-54-57-60-62(61(63)64,58-55-52-49-46-43-40-37-30-27-24-21-18-15-12-9-6-3)59-56-53-50-47-44-41-38-35-32-29-26-23-20-17-14-11-8-5-2/h25-30H,4-24,31-60H2,1-3H3,(H,63,64)/b28-25-,29-26-,30-27-. The first kappa shape index (κ1) is 62.7. The SMILES string of the molecule is CCCCCCCC/C=C\CCCCCCCCCCCCC(CCCCCCCC/C=C\CCCCCCCC)(CCCCCCCCCC/C=C\CCCCCCCC)C(=O)O. The van der Waals surface area contributed by atoms with E-state index in [1.54, 1.807) is 0 Å². The first-order chi connectivity index (χ1) is 31.6. The molecule has 0 rings (SSSR count). The van der Waals surface area contributed by atoms with Gasteiger partial charge in [0.2, 0.25) is 0 Å². The molecule has 0 aromatic rings. The quantitative estimate of drug-likeness (QED) is 0.0488. The van der Waals surface area contributed by atoms with Crippen LogP contribution in [-0.2, 0) is 4.79 Å². The van der Waals surface area contributed by atoms with Crippen molar-refractivity contribution < 1.29 is 9.90 Å². The van der Waals surface area contributed by atoms with Crippen molar-refractivity contribution in [2.45, 2.75) is 348 Å². The minimum absolute atomic E-state index is 0.491. The minimum Gasteiger partial charge on any atom is -0.481 e. The summed E-state index contributed by atoms with van der Waals surface area (Å²) in [5.74, 6) is -0.491. The van der Waals surface area contributed by atoms with Crippen LogP contribution in [0.3, 0.4) is 0 Å². The van der Waals surface area contributed by atoms with Crippen molar-refractivity contribution in [3.63, 3.8) is 0 Å². The topological polar surface area (TPSA) is 37.3 Å². The second-order valence-electron chi connectivity index (χ2n) is 20.8. The summed E-state index contributed by atoms with van der Waals surface area (Å²) in [4.78, 5) is 13.0. The Hall–Kier alpha value is -1.31. The molecule has 0 aliphatic heterocycles. The van der Waals surface area contributed by atoms with Gasteiger partial charge in [0.05, 0.1) is 5.41 Å². The molecular formula is C62H118O2. The van der Waals surface area contributed by atoms with E-state index in [0.29, 0.717) is 0 Å². The molecule has 0 aliphatic carbocycles. The third-order valence-electron chi connectivity index (χ3n) is 14.5. The molecular weight excluding hydrogens is 777 g/mol. The second-order valence-corrected chi connectivity index (χ2v) is 20.8. The van der Waals surface area contributed by atoms with Crippen LogP contribution in [0, 0.1) is 5.41 Å². The van der Waals surface area contributed by atoms with Gasteiger partial charge in [0.15, 0.2) is 0 Å². The molecule has 1 unspecified atom stereocenters. The summed E-state index contributed by atoms with van der Waals surface area (Å²) >= 11 is 0. The fraction of sp³-hybridized carbons (Fsp3) is 0.887. The molecule has 0 fully saturated rings. The zero-order valence-electron chi connectivity index (χ0n) is 44.4. The van der Waals surface area contributed by atoms with Crippen molar-refractivity contribution in [2.75, 3.05) is 0 Å². The van der Waals surface area contributed by atoms with Gasteiger partial charge in [0.1, 0.15) is 0 Å². The monoisotopic (exact) mass is 895 g/mol. The Morgan fingerprint density at radius 3 is 0.594 bits per heavy atom. The molecule has 0 aromatic heterocycles. The maximum absolute atomic E-state index is 13.0. The zero-order valence-corrected chi connectivity index (χ0v) is 44.4. The summed E-state index contributed by atoms with van der Waals surface area (Å²) in [5.41, 5.74) is -0.493. The molecule has 64 heavy (non-hydrogen) atoms. The lowest BCUT2D eigenvalue weighted by Crippen LogP contribution is -2.31. The van der Waals surface area contributed by atoms with Crippen molar-refractivity contribution in [1.82, 2.24) is 0 Å². The van der Waals surface area contributed by atoms with E-state index in [9.17, 15) is 9.90 Å². The van der Waals surface area contributed by atoms with Crippen LogP contribution >= 0.6 is 0 Å². The summed E-state index contributed by atoms with van der Waals surface area (Å²) in [6.45, 7) is 6.88. The summed E-state index contributed by atoms with van der Waals surface area (Å²) < 4.78 is 0. The highest BCUT2D eigenvalue weighted by Gasteiger charge is 2.36. The Bertz CT molecular complexity index is 977. The lowest BCUT2D eigenvalue weighted by atomic mass is 9.74. The van der Waals surface area contributed by atoms with Crippen LogP contribution in [0.1, 0.15) is 348 Å². The third kappa shape index (κ3) is 47.2. The highest BCUT2D eigenvalue weighted by atomic mass is 16.4. The molecule has 0 radical (unpaired) electrons. The van der Waals surface area contributed by atoms with Gasteiger partial charge in [0.25, 0.3) is 0 Å². The Kier molecular flexibility index (Phi) is 53.2. The van der Waals surface area contributed by atoms with Gasteiger partial charge >= 0.3 is 5.97 Å². The van der Waals surface area contributed by atoms with Gasteiger partial charge in [-0.25, -0.2) is 0 Å². The lowest BCUT2D eigenvalue weighted by Gasteiger charge is -2.30. The predicted octanol–water partition coefficient (Wildman–Crippen LogP) is 22.7. The fourth-order valence-electron chi connectivity index (χ4n) is 9.89. The number of carboxylic acid groups (broad SMARTS) is 1. The number of carbonyl (C=O) groups is 1. The molecule has 0 heterocycles. The number of aliphatic carboxylic acids is 1. The van der Waals surface area contributed by atoms with Gasteiger partial charge in [-0.2, -0.15) is 0 Å². The van der Waals surface area contributed by atoms with E-state index < -0.39 is 11.4 Å². The van der Waals surface area contributed by atoms with Crippen LogP contribution in [0.4, 0.5) is 0 Å². The lowest BCUT2D eigenvalue weighted by molar-refractivity contribution is -0.150. The maximum Gasteiger partial charge on any atom is 0.309 e. The molecule has 2 nitrogen and oxygen atoms in total. The molecule has 0 amide bonds. The molecule has 0 bridgehead atoms. The number of allylic oxidation sites excluding steroid dienone is 6. The summed E-state index contributed by atoms with van der Waals surface area (Å²) in [5, 5.41) is 10.7. The van der Waals surface area contributed by atoms with Crippen LogP contribution in [-0.4, -0.2) is 11.1 Å². The van der Waals surface area contributed by atoms with Crippen molar-refractivity contribution in [3.05, 3.63) is 36.5 Å².